The molecule has 4 heteroatoms. The largest absolute Gasteiger partial charge is 0.347 e. The van der Waals surface area contributed by atoms with Crippen LogP contribution in [0, 0.1) is 22.7 Å². The molecule has 22 heavy (non-hydrogen) atoms. The number of carbonyl (C=O) groups excluding carboxylic acids is 1. The zero-order valence-corrected chi connectivity index (χ0v) is 11.8. The third kappa shape index (κ3) is 4.06. The van der Waals surface area contributed by atoms with E-state index >= 15 is 0 Å². The van der Waals surface area contributed by atoms with Crippen molar-refractivity contribution in [3.8, 4) is 12.1 Å². The van der Waals surface area contributed by atoms with Gasteiger partial charge in [-0.3, -0.25) is 4.79 Å². The molecule has 2 aromatic rings. The van der Waals surface area contributed by atoms with Crippen molar-refractivity contribution >= 4 is 12.0 Å². The van der Waals surface area contributed by atoms with E-state index in [1.807, 2.05) is 42.5 Å². The van der Waals surface area contributed by atoms with E-state index in [1.165, 1.54) is 6.08 Å². The van der Waals surface area contributed by atoms with Crippen molar-refractivity contribution < 1.29 is 4.79 Å². The Morgan fingerprint density at radius 3 is 2.32 bits per heavy atom. The fraction of sp³-hybridized carbons (Fsp3) is 0.0556. The molecule has 0 bridgehead atoms. The predicted octanol–water partition coefficient (Wildman–Crippen LogP) is 2.78. The van der Waals surface area contributed by atoms with Gasteiger partial charge in [0.25, 0.3) is 5.91 Å². The number of hydrogen-bond acceptors (Lipinski definition) is 3. The maximum atomic E-state index is 12.0. The standard InChI is InChI=1S/C18H13N3O/c19-11-15-8-6-14(7-9-15)10-17(12-20)18(22)21-13-16-4-2-1-3-5-16/h1-10H,13H2,(H,21,22)/b17-10-. The van der Waals surface area contributed by atoms with E-state index in [0.29, 0.717) is 17.7 Å². The Balaban J connectivity index is 2.06. The molecular weight excluding hydrogens is 274 g/mol. The van der Waals surface area contributed by atoms with Crippen molar-refractivity contribution in [3.05, 3.63) is 76.9 Å². The van der Waals surface area contributed by atoms with E-state index in [1.54, 1.807) is 24.3 Å². The lowest BCUT2D eigenvalue weighted by Crippen LogP contribution is -2.23. The van der Waals surface area contributed by atoms with Gasteiger partial charge in [0.05, 0.1) is 11.6 Å². The number of benzene rings is 2. The summed E-state index contributed by atoms with van der Waals surface area (Å²) in [5.41, 5.74) is 2.22. The molecule has 0 fully saturated rings. The Kier molecular flexibility index (Phi) is 5.07. The van der Waals surface area contributed by atoms with Crippen molar-refractivity contribution in [2.45, 2.75) is 6.54 Å². The second kappa shape index (κ2) is 7.42. The summed E-state index contributed by atoms with van der Waals surface area (Å²) in [5.74, 6) is -0.421. The Morgan fingerprint density at radius 1 is 1.05 bits per heavy atom. The zero-order chi connectivity index (χ0) is 15.8. The van der Waals surface area contributed by atoms with Crippen LogP contribution >= 0.6 is 0 Å². The molecule has 0 unspecified atom stereocenters. The highest BCUT2D eigenvalue weighted by Crippen LogP contribution is 2.09. The molecule has 106 valence electrons. The molecule has 0 atom stereocenters. The summed E-state index contributed by atoms with van der Waals surface area (Å²) in [7, 11) is 0. The number of nitrogens with zero attached hydrogens (tertiary/aromatic N) is 2. The van der Waals surface area contributed by atoms with Gasteiger partial charge in [-0.15, -0.1) is 0 Å². The summed E-state index contributed by atoms with van der Waals surface area (Å²) in [6.45, 7) is 0.367. The number of rotatable bonds is 4. The van der Waals surface area contributed by atoms with Gasteiger partial charge in [-0.2, -0.15) is 10.5 Å². The number of carbonyl (C=O) groups is 1. The van der Waals surface area contributed by atoms with Gasteiger partial charge in [-0.25, -0.2) is 0 Å². The smallest absolute Gasteiger partial charge is 0.262 e. The average Bonchev–Trinajstić information content (AvgIpc) is 2.59. The molecule has 2 rings (SSSR count). The van der Waals surface area contributed by atoms with Crippen LogP contribution in [0.4, 0.5) is 0 Å². The van der Waals surface area contributed by atoms with Gasteiger partial charge in [0.2, 0.25) is 0 Å². The van der Waals surface area contributed by atoms with Crippen LogP contribution in [0.3, 0.4) is 0 Å². The first-order valence-electron chi connectivity index (χ1n) is 6.67. The van der Waals surface area contributed by atoms with Crippen molar-refractivity contribution in [2.75, 3.05) is 0 Å². The lowest BCUT2D eigenvalue weighted by Gasteiger charge is -2.04. The Labute approximate surface area is 128 Å². The SMILES string of the molecule is N#C/C(=C/c1ccc(C#N)cc1)C(=O)NCc1ccccc1. The summed E-state index contributed by atoms with van der Waals surface area (Å²) < 4.78 is 0. The highest BCUT2D eigenvalue weighted by atomic mass is 16.1. The molecule has 1 N–H and O–H groups in total. The molecular formula is C18H13N3O. The molecule has 1 amide bonds. The second-order valence-corrected chi connectivity index (χ2v) is 4.57. The summed E-state index contributed by atoms with van der Waals surface area (Å²) in [5, 5.41) is 20.6. The highest BCUT2D eigenvalue weighted by Gasteiger charge is 2.08. The quantitative estimate of drug-likeness (QED) is 0.694. The minimum atomic E-state index is -0.421. The van der Waals surface area contributed by atoms with Gasteiger partial charge < -0.3 is 5.32 Å². The van der Waals surface area contributed by atoms with Crippen LogP contribution in [0.5, 0.6) is 0 Å². The fourth-order valence-electron chi connectivity index (χ4n) is 1.84. The van der Waals surface area contributed by atoms with Gasteiger partial charge in [0.1, 0.15) is 11.6 Å². The van der Waals surface area contributed by atoms with Crippen molar-refractivity contribution in [1.29, 1.82) is 10.5 Å². The summed E-state index contributed by atoms with van der Waals surface area (Å²) in [6, 6.07) is 20.1. The number of nitriles is 2. The number of nitrogens with one attached hydrogen (secondary N) is 1. The minimum absolute atomic E-state index is 0.0284. The lowest BCUT2D eigenvalue weighted by atomic mass is 10.1. The molecule has 0 aliphatic rings. The summed E-state index contributed by atoms with van der Waals surface area (Å²) in [6.07, 6.45) is 1.50. The minimum Gasteiger partial charge on any atom is -0.347 e. The maximum Gasteiger partial charge on any atom is 0.262 e. The molecule has 2 aromatic carbocycles. The van der Waals surface area contributed by atoms with Crippen LogP contribution < -0.4 is 5.32 Å². The summed E-state index contributed by atoms with van der Waals surface area (Å²) >= 11 is 0. The van der Waals surface area contributed by atoms with Gasteiger partial charge in [0.15, 0.2) is 0 Å². The molecule has 0 saturated heterocycles. The molecule has 0 aliphatic heterocycles. The van der Waals surface area contributed by atoms with Gasteiger partial charge in [-0.1, -0.05) is 42.5 Å². The second-order valence-electron chi connectivity index (χ2n) is 4.57. The Hall–Kier alpha value is -3.37. The molecule has 0 heterocycles. The van der Waals surface area contributed by atoms with Gasteiger partial charge in [-0.05, 0) is 29.3 Å². The third-order valence-electron chi connectivity index (χ3n) is 3.01. The zero-order valence-electron chi connectivity index (χ0n) is 11.8. The van der Waals surface area contributed by atoms with Crippen molar-refractivity contribution in [3.63, 3.8) is 0 Å². The number of hydrogen-bond donors (Lipinski definition) is 1. The normalized spacial score (nSPS) is 10.4. The average molecular weight is 287 g/mol. The van der Waals surface area contributed by atoms with Crippen molar-refractivity contribution in [1.82, 2.24) is 5.32 Å². The Bertz CT molecular complexity index is 763. The molecule has 0 aromatic heterocycles. The van der Waals surface area contributed by atoms with Gasteiger partial charge >= 0.3 is 0 Å². The van der Waals surface area contributed by atoms with E-state index in [-0.39, 0.29) is 5.57 Å². The predicted molar refractivity (Wildman–Crippen MR) is 83.0 cm³/mol. The first-order chi connectivity index (χ1) is 10.7. The van der Waals surface area contributed by atoms with E-state index in [9.17, 15) is 4.79 Å². The van der Waals surface area contributed by atoms with E-state index < -0.39 is 5.91 Å². The van der Waals surface area contributed by atoms with Crippen LogP contribution in [0.2, 0.25) is 0 Å². The Morgan fingerprint density at radius 2 is 1.73 bits per heavy atom. The molecule has 0 spiro atoms. The lowest BCUT2D eigenvalue weighted by molar-refractivity contribution is -0.117. The first kappa shape index (κ1) is 15.0. The number of amides is 1. The van der Waals surface area contributed by atoms with E-state index in [4.69, 9.17) is 10.5 Å². The van der Waals surface area contributed by atoms with Crippen molar-refractivity contribution in [2.24, 2.45) is 0 Å². The molecule has 4 nitrogen and oxygen atoms in total. The van der Waals surface area contributed by atoms with E-state index in [2.05, 4.69) is 5.32 Å². The third-order valence-corrected chi connectivity index (χ3v) is 3.01. The van der Waals surface area contributed by atoms with Crippen LogP contribution in [-0.2, 0) is 11.3 Å². The van der Waals surface area contributed by atoms with Crippen LogP contribution in [-0.4, -0.2) is 5.91 Å². The monoisotopic (exact) mass is 287 g/mol. The van der Waals surface area contributed by atoms with Crippen LogP contribution in [0.15, 0.2) is 60.2 Å². The molecule has 0 radical (unpaired) electrons. The fourth-order valence-corrected chi connectivity index (χ4v) is 1.84. The molecule has 0 aliphatic carbocycles. The summed E-state index contributed by atoms with van der Waals surface area (Å²) in [4.78, 5) is 12.0. The highest BCUT2D eigenvalue weighted by molar-refractivity contribution is 6.01. The molecule has 0 saturated carbocycles. The maximum absolute atomic E-state index is 12.0. The van der Waals surface area contributed by atoms with E-state index in [0.717, 1.165) is 5.56 Å². The first-order valence-corrected chi connectivity index (χ1v) is 6.67. The van der Waals surface area contributed by atoms with Gasteiger partial charge in [0, 0.05) is 6.54 Å². The van der Waals surface area contributed by atoms with Crippen LogP contribution in [0.25, 0.3) is 6.08 Å². The topological polar surface area (TPSA) is 76.7 Å². The van der Waals surface area contributed by atoms with Crippen LogP contribution in [0.1, 0.15) is 16.7 Å².